The van der Waals surface area contributed by atoms with Crippen molar-refractivity contribution in [1.82, 2.24) is 9.97 Å². The normalized spacial score (nSPS) is 16.9. The lowest BCUT2D eigenvalue weighted by Crippen LogP contribution is -2.29. The van der Waals surface area contributed by atoms with Crippen molar-refractivity contribution in [3.8, 4) is 5.75 Å². The Hall–Kier alpha value is -4.05. The van der Waals surface area contributed by atoms with E-state index in [0.29, 0.717) is 29.2 Å². The van der Waals surface area contributed by atoms with Gasteiger partial charge in [-0.15, -0.1) is 0 Å². The minimum absolute atomic E-state index is 0.0971. The number of Topliss-reactive ketones (excluding diaryl/α,β-unsaturated/α-hetero) is 1. The maximum absolute atomic E-state index is 13.2. The van der Waals surface area contributed by atoms with Gasteiger partial charge in [-0.1, -0.05) is 30.7 Å². The number of pyridine rings is 1. The fourth-order valence-electron chi connectivity index (χ4n) is 3.85. The van der Waals surface area contributed by atoms with E-state index < -0.39 is 23.7 Å². The number of aliphatic hydroxyl groups excluding tert-OH is 1. The summed E-state index contributed by atoms with van der Waals surface area (Å²) in [6.07, 6.45) is 5.01. The molecule has 0 bridgehead atoms. The van der Waals surface area contributed by atoms with Gasteiger partial charge in [-0.3, -0.25) is 19.5 Å². The van der Waals surface area contributed by atoms with E-state index in [-0.39, 0.29) is 21.3 Å². The number of aryl methyl sites for hydroxylation is 1. The van der Waals surface area contributed by atoms with Gasteiger partial charge < -0.3 is 14.6 Å². The molecule has 0 radical (unpaired) electrons. The summed E-state index contributed by atoms with van der Waals surface area (Å²) in [5, 5.41) is 11.4. The van der Waals surface area contributed by atoms with Crippen molar-refractivity contribution < 1.29 is 29.0 Å². The van der Waals surface area contributed by atoms with Crippen molar-refractivity contribution in [3.05, 3.63) is 76.1 Å². The molecule has 9 nitrogen and oxygen atoms in total. The number of aromatic nitrogens is 2. The molecule has 3 heterocycles. The monoisotopic (exact) mass is 507 g/mol. The highest BCUT2D eigenvalue weighted by Crippen LogP contribution is 2.43. The zero-order valence-corrected chi connectivity index (χ0v) is 20.9. The highest BCUT2D eigenvalue weighted by atomic mass is 32.1. The Morgan fingerprint density at radius 3 is 2.58 bits per heavy atom. The number of methoxy groups -OCH3 is 1. The predicted octanol–water partition coefficient (Wildman–Crippen LogP) is 4.44. The summed E-state index contributed by atoms with van der Waals surface area (Å²) < 4.78 is 10.5. The van der Waals surface area contributed by atoms with Gasteiger partial charge in [0.25, 0.3) is 5.78 Å². The summed E-state index contributed by atoms with van der Waals surface area (Å²) >= 11 is 0.941. The van der Waals surface area contributed by atoms with E-state index in [1.54, 1.807) is 49.5 Å². The summed E-state index contributed by atoms with van der Waals surface area (Å²) in [6.45, 7) is 4.27. The molecule has 1 amide bonds. The maximum Gasteiger partial charge on any atom is 0.350 e. The van der Waals surface area contributed by atoms with Gasteiger partial charge in [-0.25, -0.2) is 9.78 Å². The molecule has 0 spiro atoms. The number of ketones is 1. The Kier molecular flexibility index (Phi) is 7.44. The van der Waals surface area contributed by atoms with E-state index in [4.69, 9.17) is 9.47 Å². The van der Waals surface area contributed by atoms with Crippen molar-refractivity contribution in [2.45, 2.75) is 32.7 Å². The summed E-state index contributed by atoms with van der Waals surface area (Å²) in [7, 11) is 1.25. The molecule has 0 aliphatic carbocycles. The first-order valence-corrected chi connectivity index (χ1v) is 12.2. The van der Waals surface area contributed by atoms with Crippen LogP contribution in [0.5, 0.6) is 5.75 Å². The van der Waals surface area contributed by atoms with Crippen LogP contribution in [0.2, 0.25) is 0 Å². The van der Waals surface area contributed by atoms with Gasteiger partial charge in [-0.05, 0) is 49.2 Å². The topological polar surface area (TPSA) is 119 Å². The zero-order valence-electron chi connectivity index (χ0n) is 20.1. The third kappa shape index (κ3) is 4.72. The van der Waals surface area contributed by atoms with Crippen LogP contribution in [-0.2, 0) is 14.3 Å². The Morgan fingerprint density at radius 1 is 1.19 bits per heavy atom. The molecule has 1 aliphatic heterocycles. The number of unbranched alkanes of at least 4 members (excludes halogenated alkanes) is 1. The Labute approximate surface area is 212 Å². The SMILES string of the molecule is CCCCOc1ccc(C(O)=C2C(=O)C(=O)N(c3nc(C)c(C(=O)OC)s3)[C@H]2c2cccnc2)cc1. The molecule has 1 fully saturated rings. The number of nitrogens with zero attached hydrogens (tertiary/aromatic N) is 3. The molecular weight excluding hydrogens is 482 g/mol. The largest absolute Gasteiger partial charge is 0.507 e. The first-order chi connectivity index (χ1) is 17.4. The smallest absolute Gasteiger partial charge is 0.350 e. The molecule has 36 heavy (non-hydrogen) atoms. The highest BCUT2D eigenvalue weighted by molar-refractivity contribution is 7.17. The zero-order chi connectivity index (χ0) is 25.8. The van der Waals surface area contributed by atoms with Crippen LogP contribution in [0.15, 0.2) is 54.4 Å². The molecule has 1 N–H and O–H groups in total. The van der Waals surface area contributed by atoms with Crippen molar-refractivity contribution in [1.29, 1.82) is 0 Å². The summed E-state index contributed by atoms with van der Waals surface area (Å²) in [5.41, 5.74) is 1.13. The lowest BCUT2D eigenvalue weighted by atomic mass is 9.96. The van der Waals surface area contributed by atoms with Gasteiger partial charge in [-0.2, -0.15) is 0 Å². The standard InChI is InChI=1S/C26H25N3O6S/c1-4-5-13-35-18-10-8-16(9-11-18)21(30)19-20(17-7-6-12-27-14-17)29(24(32)22(19)31)26-28-15(2)23(36-26)25(33)34-3/h6-12,14,20,30H,4-5,13H2,1-3H3/t20-/m0/s1. The molecule has 1 aliphatic rings. The molecule has 10 heteroatoms. The van der Waals surface area contributed by atoms with Crippen LogP contribution in [0.1, 0.15) is 52.3 Å². The first-order valence-electron chi connectivity index (χ1n) is 11.4. The molecule has 0 unspecified atom stereocenters. The Balaban J connectivity index is 1.80. The molecule has 3 aromatic rings. The quantitative estimate of drug-likeness (QED) is 0.156. The lowest BCUT2D eigenvalue weighted by molar-refractivity contribution is -0.132. The van der Waals surface area contributed by atoms with Gasteiger partial charge in [0.2, 0.25) is 0 Å². The van der Waals surface area contributed by atoms with E-state index in [2.05, 4.69) is 16.9 Å². The minimum atomic E-state index is -0.991. The fraction of sp³-hybridized carbons (Fsp3) is 0.269. The number of aliphatic hydroxyl groups is 1. The van der Waals surface area contributed by atoms with Crippen LogP contribution >= 0.6 is 11.3 Å². The maximum atomic E-state index is 13.2. The Bertz CT molecular complexity index is 1320. The van der Waals surface area contributed by atoms with Crippen LogP contribution in [0, 0.1) is 6.92 Å². The molecule has 4 rings (SSSR count). The van der Waals surface area contributed by atoms with E-state index in [1.807, 2.05) is 0 Å². The van der Waals surface area contributed by atoms with Crippen LogP contribution in [0.3, 0.4) is 0 Å². The summed E-state index contributed by atoms with van der Waals surface area (Å²) in [4.78, 5) is 48.5. The molecule has 0 saturated carbocycles. The van der Waals surface area contributed by atoms with Gasteiger partial charge in [0.15, 0.2) is 5.13 Å². The van der Waals surface area contributed by atoms with Crippen molar-refractivity contribution in [2.75, 3.05) is 18.6 Å². The number of esters is 1. The second kappa shape index (κ2) is 10.7. The average Bonchev–Trinajstić information content (AvgIpc) is 3.40. The van der Waals surface area contributed by atoms with Crippen molar-refractivity contribution >= 4 is 39.9 Å². The molecule has 1 atom stereocenters. The minimum Gasteiger partial charge on any atom is -0.507 e. The predicted molar refractivity (Wildman–Crippen MR) is 134 cm³/mol. The third-order valence-electron chi connectivity index (χ3n) is 5.70. The molecule has 1 saturated heterocycles. The number of hydrogen-bond acceptors (Lipinski definition) is 9. The van der Waals surface area contributed by atoms with Crippen LogP contribution in [0.25, 0.3) is 5.76 Å². The number of carbonyl (C=O) groups is 3. The van der Waals surface area contributed by atoms with Crippen LogP contribution in [0.4, 0.5) is 5.13 Å². The number of rotatable bonds is 8. The number of amides is 1. The summed E-state index contributed by atoms with van der Waals surface area (Å²) in [5.74, 6) is -2.01. The second-order valence-corrected chi connectivity index (χ2v) is 9.06. The fourth-order valence-corrected chi connectivity index (χ4v) is 4.86. The Morgan fingerprint density at radius 2 is 1.94 bits per heavy atom. The number of hydrogen-bond donors (Lipinski definition) is 1. The molecule has 1 aromatic carbocycles. The van der Waals surface area contributed by atoms with E-state index in [9.17, 15) is 19.5 Å². The van der Waals surface area contributed by atoms with Crippen LogP contribution in [-0.4, -0.2) is 46.5 Å². The highest BCUT2D eigenvalue weighted by Gasteiger charge is 2.48. The van der Waals surface area contributed by atoms with Crippen LogP contribution < -0.4 is 9.64 Å². The number of benzene rings is 1. The number of carbonyl (C=O) groups excluding carboxylic acids is 3. The van der Waals surface area contributed by atoms with Gasteiger partial charge in [0.05, 0.1) is 31.0 Å². The summed E-state index contributed by atoms with van der Waals surface area (Å²) in [6, 6.07) is 9.05. The second-order valence-electron chi connectivity index (χ2n) is 8.08. The average molecular weight is 508 g/mol. The number of anilines is 1. The van der Waals surface area contributed by atoms with Gasteiger partial charge >= 0.3 is 11.9 Å². The first kappa shape index (κ1) is 25.1. The number of thiazole rings is 1. The van der Waals surface area contributed by atoms with Gasteiger partial charge in [0.1, 0.15) is 16.4 Å². The van der Waals surface area contributed by atoms with E-state index in [1.165, 1.54) is 18.2 Å². The molecule has 186 valence electrons. The number of ether oxygens (including phenoxy) is 2. The van der Waals surface area contributed by atoms with E-state index >= 15 is 0 Å². The molecule has 2 aromatic heterocycles. The van der Waals surface area contributed by atoms with Crippen molar-refractivity contribution in [2.24, 2.45) is 0 Å². The molecular formula is C26H25N3O6S. The lowest BCUT2D eigenvalue weighted by Gasteiger charge is -2.22. The third-order valence-corrected chi connectivity index (χ3v) is 6.84. The van der Waals surface area contributed by atoms with Crippen molar-refractivity contribution in [3.63, 3.8) is 0 Å². The van der Waals surface area contributed by atoms with Gasteiger partial charge in [0, 0.05) is 18.0 Å². The van der Waals surface area contributed by atoms with E-state index in [0.717, 1.165) is 24.2 Å².